The van der Waals surface area contributed by atoms with Crippen molar-refractivity contribution in [1.29, 1.82) is 0 Å². The van der Waals surface area contributed by atoms with Crippen LogP contribution < -0.4 is 10.6 Å². The summed E-state index contributed by atoms with van der Waals surface area (Å²) >= 11 is 0. The maximum atomic E-state index is 12.6. The summed E-state index contributed by atoms with van der Waals surface area (Å²) in [6.45, 7) is 1.67. The van der Waals surface area contributed by atoms with Gasteiger partial charge in [0.05, 0.1) is 5.56 Å². The molecule has 1 unspecified atom stereocenters. The van der Waals surface area contributed by atoms with Gasteiger partial charge in [-0.2, -0.15) is 0 Å². The van der Waals surface area contributed by atoms with E-state index in [0.717, 1.165) is 0 Å². The number of amides is 3. The Morgan fingerprint density at radius 2 is 2.30 bits per heavy atom. The molecule has 106 valence electrons. The van der Waals surface area contributed by atoms with E-state index in [4.69, 9.17) is 0 Å². The summed E-state index contributed by atoms with van der Waals surface area (Å²) in [5.74, 6) is -1.28. The molecule has 2 N–H and O–H groups in total. The first-order valence-electron chi connectivity index (χ1n) is 6.35. The minimum atomic E-state index is -0.634. The van der Waals surface area contributed by atoms with Crippen molar-refractivity contribution in [3.05, 3.63) is 24.0 Å². The molecule has 0 aromatic carbocycles. The van der Waals surface area contributed by atoms with Crippen LogP contribution in [-0.4, -0.2) is 47.2 Å². The van der Waals surface area contributed by atoms with Gasteiger partial charge in [-0.25, -0.2) is 0 Å². The molecule has 0 saturated carbocycles. The Morgan fingerprint density at radius 1 is 1.55 bits per heavy atom. The van der Waals surface area contributed by atoms with Crippen molar-refractivity contribution >= 4 is 23.4 Å². The molecule has 0 aliphatic carbocycles. The van der Waals surface area contributed by atoms with Crippen LogP contribution in [0.15, 0.2) is 18.5 Å². The fourth-order valence-corrected chi connectivity index (χ4v) is 2.22. The van der Waals surface area contributed by atoms with Gasteiger partial charge in [-0.1, -0.05) is 6.92 Å². The summed E-state index contributed by atoms with van der Waals surface area (Å²) in [6.07, 6.45) is 3.44. The number of anilines is 1. The van der Waals surface area contributed by atoms with Crippen molar-refractivity contribution in [2.24, 2.45) is 0 Å². The number of hydrogen-bond donors (Lipinski definition) is 2. The van der Waals surface area contributed by atoms with Gasteiger partial charge in [-0.3, -0.25) is 24.7 Å². The minimum Gasteiger partial charge on any atom is -0.387 e. The molecular formula is C13H16N4O3. The van der Waals surface area contributed by atoms with E-state index in [9.17, 15) is 14.4 Å². The van der Waals surface area contributed by atoms with Crippen LogP contribution in [0.3, 0.4) is 0 Å². The topological polar surface area (TPSA) is 91.4 Å². The summed E-state index contributed by atoms with van der Waals surface area (Å²) in [7, 11) is 1.69. The Balaban J connectivity index is 2.35. The minimum absolute atomic E-state index is 0.124. The number of carbonyl (C=O) groups is 3. The summed E-state index contributed by atoms with van der Waals surface area (Å²) in [5.41, 5.74) is 0.953. The predicted octanol–water partition coefficient (Wildman–Crippen LogP) is 0.000500. The molecule has 7 heteroatoms. The molecule has 1 atom stereocenters. The van der Waals surface area contributed by atoms with Gasteiger partial charge in [0.1, 0.15) is 12.6 Å². The van der Waals surface area contributed by atoms with Gasteiger partial charge >= 0.3 is 0 Å². The van der Waals surface area contributed by atoms with Crippen LogP contribution in [0.2, 0.25) is 0 Å². The van der Waals surface area contributed by atoms with Gasteiger partial charge in [-0.15, -0.1) is 0 Å². The van der Waals surface area contributed by atoms with Crippen molar-refractivity contribution < 1.29 is 14.4 Å². The fourth-order valence-electron chi connectivity index (χ4n) is 2.22. The number of carbonyl (C=O) groups excluding carboxylic acids is 3. The average Bonchev–Trinajstić information content (AvgIpc) is 2.45. The average molecular weight is 276 g/mol. The SMILES string of the molecule is CCC1C(=O)NC(=O)CN1C(=O)c1cnccc1NC. The standard InChI is InChI=1S/C13H16N4O3/c1-3-10-12(19)16-11(18)7-17(10)13(20)8-6-15-5-4-9(8)14-2/h4-6,10H,3,7H2,1-2H3,(H,14,15)(H,16,18,19). The van der Waals surface area contributed by atoms with E-state index < -0.39 is 17.9 Å². The smallest absolute Gasteiger partial charge is 0.258 e. The monoisotopic (exact) mass is 276 g/mol. The molecule has 1 aliphatic rings. The molecule has 1 aromatic rings. The highest BCUT2D eigenvalue weighted by Crippen LogP contribution is 2.19. The number of aromatic nitrogens is 1. The van der Waals surface area contributed by atoms with E-state index in [0.29, 0.717) is 17.7 Å². The quantitative estimate of drug-likeness (QED) is 0.758. The van der Waals surface area contributed by atoms with Crippen LogP contribution in [0, 0.1) is 0 Å². The lowest BCUT2D eigenvalue weighted by Crippen LogP contribution is -2.59. The van der Waals surface area contributed by atoms with E-state index in [1.807, 2.05) is 0 Å². The Kier molecular flexibility index (Phi) is 3.97. The van der Waals surface area contributed by atoms with E-state index in [1.54, 1.807) is 26.2 Å². The molecule has 1 fully saturated rings. The van der Waals surface area contributed by atoms with E-state index >= 15 is 0 Å². The normalized spacial score (nSPS) is 18.7. The third kappa shape index (κ3) is 2.47. The molecule has 0 spiro atoms. The van der Waals surface area contributed by atoms with Crippen molar-refractivity contribution in [3.8, 4) is 0 Å². The second-order valence-electron chi connectivity index (χ2n) is 4.44. The first-order valence-corrected chi connectivity index (χ1v) is 6.35. The first-order chi connectivity index (χ1) is 9.58. The highest BCUT2D eigenvalue weighted by Gasteiger charge is 2.36. The van der Waals surface area contributed by atoms with Crippen molar-refractivity contribution in [2.45, 2.75) is 19.4 Å². The number of pyridine rings is 1. The summed E-state index contributed by atoms with van der Waals surface area (Å²) in [6, 6.07) is 1.03. The number of hydrogen-bond acceptors (Lipinski definition) is 5. The highest BCUT2D eigenvalue weighted by molar-refractivity contribution is 6.08. The van der Waals surface area contributed by atoms with Crippen LogP contribution >= 0.6 is 0 Å². The van der Waals surface area contributed by atoms with Gasteiger partial charge in [-0.05, 0) is 12.5 Å². The number of nitrogens with one attached hydrogen (secondary N) is 2. The second-order valence-corrected chi connectivity index (χ2v) is 4.44. The van der Waals surface area contributed by atoms with Crippen molar-refractivity contribution in [1.82, 2.24) is 15.2 Å². The van der Waals surface area contributed by atoms with Crippen molar-refractivity contribution in [3.63, 3.8) is 0 Å². The van der Waals surface area contributed by atoms with E-state index in [-0.39, 0.29) is 12.5 Å². The second kappa shape index (κ2) is 5.68. The highest BCUT2D eigenvalue weighted by atomic mass is 16.2. The first kappa shape index (κ1) is 14.0. The van der Waals surface area contributed by atoms with Gasteiger partial charge in [0.2, 0.25) is 11.8 Å². The molecule has 1 saturated heterocycles. The third-order valence-electron chi connectivity index (χ3n) is 3.22. The van der Waals surface area contributed by atoms with Gasteiger partial charge in [0.15, 0.2) is 0 Å². The van der Waals surface area contributed by atoms with Crippen LogP contribution in [0.1, 0.15) is 23.7 Å². The molecule has 1 aromatic heterocycles. The predicted molar refractivity (Wildman–Crippen MR) is 72.0 cm³/mol. The van der Waals surface area contributed by atoms with Crippen LogP contribution in [-0.2, 0) is 9.59 Å². The van der Waals surface area contributed by atoms with E-state index in [2.05, 4.69) is 15.6 Å². The maximum Gasteiger partial charge on any atom is 0.258 e. The fraction of sp³-hybridized carbons (Fsp3) is 0.385. The maximum absolute atomic E-state index is 12.6. The van der Waals surface area contributed by atoms with E-state index in [1.165, 1.54) is 11.1 Å². The third-order valence-corrected chi connectivity index (χ3v) is 3.22. The summed E-state index contributed by atoms with van der Waals surface area (Å²) < 4.78 is 0. The zero-order chi connectivity index (χ0) is 14.7. The summed E-state index contributed by atoms with van der Waals surface area (Å²) in [4.78, 5) is 41.0. The molecule has 0 bridgehead atoms. The number of nitrogens with zero attached hydrogens (tertiary/aromatic N) is 2. The molecule has 0 radical (unpaired) electrons. The molecular weight excluding hydrogens is 260 g/mol. The molecule has 2 rings (SSSR count). The zero-order valence-corrected chi connectivity index (χ0v) is 11.3. The Hall–Kier alpha value is -2.44. The lowest BCUT2D eigenvalue weighted by molar-refractivity contribution is -0.138. The van der Waals surface area contributed by atoms with Gasteiger partial charge < -0.3 is 10.2 Å². The Morgan fingerprint density at radius 3 is 2.95 bits per heavy atom. The largest absolute Gasteiger partial charge is 0.387 e. The number of imide groups is 1. The molecule has 3 amide bonds. The lowest BCUT2D eigenvalue weighted by Gasteiger charge is -2.33. The van der Waals surface area contributed by atoms with Gasteiger partial charge in [0, 0.05) is 25.1 Å². The number of piperazine rings is 1. The molecule has 20 heavy (non-hydrogen) atoms. The van der Waals surface area contributed by atoms with Gasteiger partial charge in [0.25, 0.3) is 5.91 Å². The zero-order valence-electron chi connectivity index (χ0n) is 11.3. The summed E-state index contributed by atoms with van der Waals surface area (Å²) in [5, 5.41) is 5.14. The molecule has 7 nitrogen and oxygen atoms in total. The molecule has 2 heterocycles. The number of rotatable bonds is 3. The van der Waals surface area contributed by atoms with Crippen LogP contribution in [0.5, 0.6) is 0 Å². The van der Waals surface area contributed by atoms with Crippen molar-refractivity contribution in [2.75, 3.05) is 18.9 Å². The van der Waals surface area contributed by atoms with Crippen LogP contribution in [0.4, 0.5) is 5.69 Å². The lowest BCUT2D eigenvalue weighted by atomic mass is 10.1. The Labute approximate surface area is 116 Å². The molecule has 1 aliphatic heterocycles. The van der Waals surface area contributed by atoms with Crippen LogP contribution in [0.25, 0.3) is 0 Å². The Bertz CT molecular complexity index is 558.